The quantitative estimate of drug-likeness (QED) is 0.907. The molecule has 0 spiro atoms. The number of amides is 1. The number of piperidine rings is 1. The summed E-state index contributed by atoms with van der Waals surface area (Å²) in [6, 6.07) is 2.14. The van der Waals surface area contributed by atoms with Crippen molar-refractivity contribution >= 4 is 11.6 Å². The van der Waals surface area contributed by atoms with Gasteiger partial charge in [-0.05, 0) is 45.2 Å². The van der Waals surface area contributed by atoms with Gasteiger partial charge in [-0.1, -0.05) is 13.8 Å². The third kappa shape index (κ3) is 4.00. The van der Waals surface area contributed by atoms with Gasteiger partial charge in [0, 0.05) is 31.2 Å². The van der Waals surface area contributed by atoms with Gasteiger partial charge >= 0.3 is 0 Å². The first kappa shape index (κ1) is 17.9. The first-order chi connectivity index (χ1) is 12.0. The SMILES string of the molecule is CC(C)CN1CCC[C@@H](c2ccnc3c(C(=O)NC(C)C)cnn23)C1. The molecule has 0 aromatic carbocycles. The number of rotatable bonds is 5. The van der Waals surface area contributed by atoms with Crippen molar-refractivity contribution in [1.82, 2.24) is 24.8 Å². The van der Waals surface area contributed by atoms with Crippen LogP contribution in [-0.4, -0.2) is 51.1 Å². The highest BCUT2D eigenvalue weighted by Gasteiger charge is 2.25. The molecule has 1 aliphatic rings. The van der Waals surface area contributed by atoms with E-state index in [0.717, 1.165) is 25.2 Å². The monoisotopic (exact) mass is 343 g/mol. The van der Waals surface area contributed by atoms with E-state index in [4.69, 9.17) is 0 Å². The molecule has 0 radical (unpaired) electrons. The first-order valence-electron chi connectivity index (χ1n) is 9.31. The van der Waals surface area contributed by atoms with Crippen molar-refractivity contribution in [2.45, 2.75) is 52.5 Å². The number of hydrogen-bond donors (Lipinski definition) is 1. The molecule has 3 heterocycles. The zero-order valence-corrected chi connectivity index (χ0v) is 15.7. The molecular formula is C19H29N5O. The Morgan fingerprint density at radius 1 is 1.36 bits per heavy atom. The topological polar surface area (TPSA) is 62.5 Å². The summed E-state index contributed by atoms with van der Waals surface area (Å²) in [7, 11) is 0. The molecular weight excluding hydrogens is 314 g/mol. The van der Waals surface area contributed by atoms with Gasteiger partial charge in [0.25, 0.3) is 5.91 Å². The Labute approximate surface area is 149 Å². The molecule has 2 aromatic heterocycles. The second-order valence-corrected chi connectivity index (χ2v) is 7.78. The molecule has 1 fully saturated rings. The van der Waals surface area contributed by atoms with Gasteiger partial charge in [0.2, 0.25) is 0 Å². The Hall–Kier alpha value is -1.95. The Balaban J connectivity index is 1.87. The molecule has 1 atom stereocenters. The summed E-state index contributed by atoms with van der Waals surface area (Å²) in [6.45, 7) is 11.8. The van der Waals surface area contributed by atoms with Crippen LogP contribution in [-0.2, 0) is 0 Å². The van der Waals surface area contributed by atoms with E-state index < -0.39 is 0 Å². The molecule has 3 rings (SSSR count). The van der Waals surface area contributed by atoms with Crippen molar-refractivity contribution in [2.24, 2.45) is 5.92 Å². The predicted octanol–water partition coefficient (Wildman–Crippen LogP) is 2.70. The summed E-state index contributed by atoms with van der Waals surface area (Å²) in [5.41, 5.74) is 2.35. The standard InChI is InChI=1S/C19H29N5O/c1-13(2)11-23-9-5-6-15(12-23)17-7-8-20-18-16(10-21-24(17)18)19(25)22-14(3)4/h7-8,10,13-15H,5-6,9,11-12H2,1-4H3,(H,22,25)/t15-/m1/s1. The molecule has 136 valence electrons. The van der Waals surface area contributed by atoms with Crippen molar-refractivity contribution in [3.05, 3.63) is 29.7 Å². The molecule has 0 aliphatic carbocycles. The number of aromatic nitrogens is 3. The summed E-state index contributed by atoms with van der Waals surface area (Å²) in [5, 5.41) is 7.41. The summed E-state index contributed by atoms with van der Waals surface area (Å²) >= 11 is 0. The number of fused-ring (bicyclic) bond motifs is 1. The molecule has 1 saturated heterocycles. The maximum absolute atomic E-state index is 12.4. The van der Waals surface area contributed by atoms with E-state index in [-0.39, 0.29) is 11.9 Å². The van der Waals surface area contributed by atoms with Crippen molar-refractivity contribution in [2.75, 3.05) is 19.6 Å². The maximum Gasteiger partial charge on any atom is 0.256 e. The number of nitrogens with one attached hydrogen (secondary N) is 1. The van der Waals surface area contributed by atoms with Crippen LogP contribution >= 0.6 is 0 Å². The van der Waals surface area contributed by atoms with Crippen molar-refractivity contribution < 1.29 is 4.79 Å². The van der Waals surface area contributed by atoms with Crippen molar-refractivity contribution in [1.29, 1.82) is 0 Å². The zero-order valence-electron chi connectivity index (χ0n) is 15.7. The van der Waals surface area contributed by atoms with Crippen LogP contribution in [0.5, 0.6) is 0 Å². The smallest absolute Gasteiger partial charge is 0.256 e. The number of nitrogens with zero attached hydrogens (tertiary/aromatic N) is 4. The van der Waals surface area contributed by atoms with Crippen LogP contribution < -0.4 is 5.32 Å². The van der Waals surface area contributed by atoms with Gasteiger partial charge in [0.15, 0.2) is 5.65 Å². The van der Waals surface area contributed by atoms with Crippen LogP contribution in [0.1, 0.15) is 62.5 Å². The lowest BCUT2D eigenvalue weighted by Crippen LogP contribution is -2.37. The van der Waals surface area contributed by atoms with Gasteiger partial charge in [-0.3, -0.25) is 4.79 Å². The van der Waals surface area contributed by atoms with E-state index in [0.29, 0.717) is 23.0 Å². The molecule has 1 amide bonds. The van der Waals surface area contributed by atoms with Crippen LogP contribution in [0.15, 0.2) is 18.5 Å². The molecule has 0 saturated carbocycles. The van der Waals surface area contributed by atoms with E-state index in [1.165, 1.54) is 13.0 Å². The highest BCUT2D eigenvalue weighted by atomic mass is 16.1. The summed E-state index contributed by atoms with van der Waals surface area (Å²) < 4.78 is 1.86. The predicted molar refractivity (Wildman–Crippen MR) is 98.8 cm³/mol. The number of carbonyl (C=O) groups excluding carboxylic acids is 1. The van der Waals surface area contributed by atoms with E-state index in [2.05, 4.69) is 34.1 Å². The Kier molecular flexibility index (Phi) is 5.37. The van der Waals surface area contributed by atoms with Gasteiger partial charge in [0.05, 0.1) is 11.9 Å². The average Bonchev–Trinajstić information content (AvgIpc) is 2.98. The van der Waals surface area contributed by atoms with E-state index in [1.54, 1.807) is 12.4 Å². The Morgan fingerprint density at radius 2 is 2.16 bits per heavy atom. The maximum atomic E-state index is 12.4. The fourth-order valence-corrected chi connectivity index (χ4v) is 3.70. The molecule has 6 heteroatoms. The second-order valence-electron chi connectivity index (χ2n) is 7.78. The molecule has 1 aliphatic heterocycles. The van der Waals surface area contributed by atoms with Gasteiger partial charge in [-0.15, -0.1) is 0 Å². The summed E-state index contributed by atoms with van der Waals surface area (Å²) in [5.74, 6) is 0.992. The van der Waals surface area contributed by atoms with Gasteiger partial charge in [-0.2, -0.15) is 5.10 Å². The highest BCUT2D eigenvalue weighted by Crippen LogP contribution is 2.27. The lowest BCUT2D eigenvalue weighted by atomic mass is 9.94. The van der Waals surface area contributed by atoms with Crippen LogP contribution in [0.3, 0.4) is 0 Å². The average molecular weight is 343 g/mol. The first-order valence-corrected chi connectivity index (χ1v) is 9.31. The number of likely N-dealkylation sites (tertiary alicyclic amines) is 1. The minimum Gasteiger partial charge on any atom is -0.350 e. The van der Waals surface area contributed by atoms with E-state index >= 15 is 0 Å². The molecule has 0 bridgehead atoms. The van der Waals surface area contributed by atoms with Gasteiger partial charge < -0.3 is 10.2 Å². The number of hydrogen-bond acceptors (Lipinski definition) is 4. The second kappa shape index (κ2) is 7.52. The molecule has 2 aromatic rings. The third-order valence-electron chi connectivity index (χ3n) is 4.64. The number of carbonyl (C=O) groups is 1. The van der Waals surface area contributed by atoms with Gasteiger partial charge in [0.1, 0.15) is 5.56 Å². The summed E-state index contributed by atoms with van der Waals surface area (Å²) in [4.78, 5) is 19.3. The fraction of sp³-hybridized carbons (Fsp3) is 0.632. The van der Waals surface area contributed by atoms with Crippen molar-refractivity contribution in [3.8, 4) is 0 Å². The summed E-state index contributed by atoms with van der Waals surface area (Å²) in [6.07, 6.45) is 5.79. The van der Waals surface area contributed by atoms with Crippen LogP contribution in [0.2, 0.25) is 0 Å². The van der Waals surface area contributed by atoms with E-state index in [9.17, 15) is 4.79 Å². The van der Waals surface area contributed by atoms with Crippen LogP contribution in [0.4, 0.5) is 0 Å². The van der Waals surface area contributed by atoms with Gasteiger partial charge in [-0.25, -0.2) is 9.50 Å². The minimum atomic E-state index is -0.111. The van der Waals surface area contributed by atoms with Crippen molar-refractivity contribution in [3.63, 3.8) is 0 Å². The zero-order chi connectivity index (χ0) is 18.0. The minimum absolute atomic E-state index is 0.0913. The van der Waals surface area contributed by atoms with E-state index in [1.807, 2.05) is 24.4 Å². The Bertz CT molecular complexity index is 736. The Morgan fingerprint density at radius 3 is 2.88 bits per heavy atom. The third-order valence-corrected chi connectivity index (χ3v) is 4.64. The largest absolute Gasteiger partial charge is 0.350 e. The molecule has 25 heavy (non-hydrogen) atoms. The molecule has 6 nitrogen and oxygen atoms in total. The molecule has 0 unspecified atom stereocenters. The molecule has 1 N–H and O–H groups in total. The lowest BCUT2D eigenvalue weighted by Gasteiger charge is -2.33. The van der Waals surface area contributed by atoms with Crippen LogP contribution in [0, 0.1) is 5.92 Å². The van der Waals surface area contributed by atoms with Crippen LogP contribution in [0.25, 0.3) is 5.65 Å². The fourth-order valence-electron chi connectivity index (χ4n) is 3.70. The highest BCUT2D eigenvalue weighted by molar-refractivity contribution is 5.99. The normalized spacial score (nSPS) is 19.0. The lowest BCUT2D eigenvalue weighted by molar-refractivity contribution is 0.0944.